The smallest absolute Gasteiger partial charge is 0.159 e. The van der Waals surface area contributed by atoms with Crippen molar-refractivity contribution in [2.45, 2.75) is 58.3 Å². The summed E-state index contributed by atoms with van der Waals surface area (Å²) in [5, 5.41) is 1.45. The first-order valence-electron chi connectivity index (χ1n) is 12.9. The van der Waals surface area contributed by atoms with Crippen molar-refractivity contribution in [1.29, 1.82) is 0 Å². The van der Waals surface area contributed by atoms with Gasteiger partial charge in [-0.1, -0.05) is 74.7 Å². The highest BCUT2D eigenvalue weighted by molar-refractivity contribution is 5.84. The zero-order valence-electron chi connectivity index (χ0n) is 20.8. The van der Waals surface area contributed by atoms with Gasteiger partial charge in [-0.25, -0.2) is 13.2 Å². The molecule has 0 saturated heterocycles. The van der Waals surface area contributed by atoms with Gasteiger partial charge in [-0.2, -0.15) is 0 Å². The average molecular weight is 491 g/mol. The molecule has 0 saturated carbocycles. The van der Waals surface area contributed by atoms with Crippen LogP contribution in [-0.4, -0.2) is 6.61 Å². The molecule has 0 bridgehead atoms. The number of unbranched alkanes of at least 4 members (excludes halogenated alkanes) is 3. The van der Waals surface area contributed by atoms with Crippen molar-refractivity contribution in [2.24, 2.45) is 0 Å². The normalized spacial score (nSPS) is 11.2. The number of rotatable bonds is 12. The van der Waals surface area contributed by atoms with E-state index >= 15 is 4.39 Å². The molecule has 0 heterocycles. The second-order valence-corrected chi connectivity index (χ2v) is 9.40. The fourth-order valence-corrected chi connectivity index (χ4v) is 4.47. The number of fused-ring (bicyclic) bond motifs is 1. The Bertz CT molecular complexity index is 1280. The lowest BCUT2D eigenvalue weighted by Crippen LogP contribution is -1.98. The van der Waals surface area contributed by atoms with Crippen LogP contribution in [0.15, 0.2) is 72.8 Å². The van der Waals surface area contributed by atoms with Crippen LogP contribution >= 0.6 is 0 Å². The summed E-state index contributed by atoms with van der Waals surface area (Å²) in [4.78, 5) is 0. The van der Waals surface area contributed by atoms with Gasteiger partial charge in [0.1, 0.15) is 11.6 Å². The molecule has 0 N–H and O–H groups in total. The van der Waals surface area contributed by atoms with Crippen LogP contribution in [0.4, 0.5) is 13.2 Å². The third-order valence-electron chi connectivity index (χ3n) is 6.66. The molecule has 0 radical (unpaired) electrons. The van der Waals surface area contributed by atoms with Crippen molar-refractivity contribution >= 4 is 10.8 Å². The number of hydrogen-bond acceptors (Lipinski definition) is 1. The average Bonchev–Trinajstić information content (AvgIpc) is 2.89. The number of hydrogen-bond donors (Lipinski definition) is 0. The Kier molecular flexibility index (Phi) is 9.05. The standard InChI is InChI=1S/C32H33F3O/c1-2-3-4-5-20-36-28-16-9-23(10-17-28)6-7-24-11-18-29-27(21-24)15-14-26(32(29)35)13-8-25-12-19-30(33)31(34)22-25/h9-12,14-19,21-22H,2-8,13,20H2,1H3. The third kappa shape index (κ3) is 6.90. The SMILES string of the molecule is CCCCCCOc1ccc(CCc2ccc3c(F)c(CCc4ccc(F)c(F)c4)ccc3c2)cc1. The summed E-state index contributed by atoms with van der Waals surface area (Å²) in [6.45, 7) is 2.97. The number of aryl methyl sites for hydroxylation is 4. The van der Waals surface area contributed by atoms with E-state index in [4.69, 9.17) is 4.74 Å². The molecule has 1 nitrogen and oxygen atoms in total. The van der Waals surface area contributed by atoms with Crippen LogP contribution in [0.25, 0.3) is 10.8 Å². The molecule has 36 heavy (non-hydrogen) atoms. The minimum absolute atomic E-state index is 0.244. The predicted octanol–water partition coefficient (Wildman–Crippen LogP) is 8.79. The molecule has 4 rings (SSSR count). The van der Waals surface area contributed by atoms with E-state index in [1.807, 2.05) is 36.4 Å². The van der Waals surface area contributed by atoms with E-state index in [-0.39, 0.29) is 5.82 Å². The Morgan fingerprint density at radius 1 is 0.611 bits per heavy atom. The molecule has 0 fully saturated rings. The van der Waals surface area contributed by atoms with Crippen LogP contribution in [0.1, 0.15) is 54.9 Å². The highest BCUT2D eigenvalue weighted by atomic mass is 19.2. The molecule has 0 aliphatic rings. The molecule has 0 unspecified atom stereocenters. The Hall–Kier alpha value is -3.27. The fourth-order valence-electron chi connectivity index (χ4n) is 4.47. The molecular formula is C32H33F3O. The third-order valence-corrected chi connectivity index (χ3v) is 6.66. The first-order chi connectivity index (χ1) is 17.5. The van der Waals surface area contributed by atoms with Gasteiger partial charge in [0, 0.05) is 5.39 Å². The molecule has 0 spiro atoms. The van der Waals surface area contributed by atoms with Gasteiger partial charge >= 0.3 is 0 Å². The van der Waals surface area contributed by atoms with Crippen LogP contribution in [0.5, 0.6) is 5.75 Å². The van der Waals surface area contributed by atoms with E-state index < -0.39 is 11.6 Å². The predicted molar refractivity (Wildman–Crippen MR) is 141 cm³/mol. The number of halogens is 3. The quantitative estimate of drug-likeness (QED) is 0.180. The number of ether oxygens (including phenoxy) is 1. The molecule has 4 aromatic carbocycles. The summed E-state index contributed by atoms with van der Waals surface area (Å²) in [6, 6.07) is 21.7. The first-order valence-corrected chi connectivity index (χ1v) is 12.9. The maximum absolute atomic E-state index is 15.1. The van der Waals surface area contributed by atoms with Crippen LogP contribution in [0.2, 0.25) is 0 Å². The highest BCUT2D eigenvalue weighted by Crippen LogP contribution is 2.25. The molecular weight excluding hydrogens is 457 g/mol. The monoisotopic (exact) mass is 490 g/mol. The second-order valence-electron chi connectivity index (χ2n) is 9.40. The van der Waals surface area contributed by atoms with E-state index in [2.05, 4.69) is 19.1 Å². The van der Waals surface area contributed by atoms with Crippen molar-refractivity contribution in [1.82, 2.24) is 0 Å². The van der Waals surface area contributed by atoms with Gasteiger partial charge in [-0.3, -0.25) is 0 Å². The first kappa shape index (κ1) is 25.8. The van der Waals surface area contributed by atoms with Crippen LogP contribution in [0.3, 0.4) is 0 Å². The van der Waals surface area contributed by atoms with Crippen molar-refractivity contribution in [3.05, 3.63) is 113 Å². The van der Waals surface area contributed by atoms with Crippen molar-refractivity contribution in [2.75, 3.05) is 6.61 Å². The largest absolute Gasteiger partial charge is 0.494 e. The van der Waals surface area contributed by atoms with E-state index in [0.29, 0.717) is 29.4 Å². The van der Waals surface area contributed by atoms with Gasteiger partial charge in [0.05, 0.1) is 6.61 Å². The summed E-state index contributed by atoms with van der Waals surface area (Å²) < 4.78 is 47.5. The van der Waals surface area contributed by atoms with Gasteiger partial charge in [-0.05, 0) is 84.0 Å². The maximum Gasteiger partial charge on any atom is 0.159 e. The minimum Gasteiger partial charge on any atom is -0.494 e. The molecule has 0 aliphatic heterocycles. The summed E-state index contributed by atoms with van der Waals surface area (Å²) in [7, 11) is 0. The lowest BCUT2D eigenvalue weighted by molar-refractivity contribution is 0.305. The zero-order valence-corrected chi connectivity index (χ0v) is 20.8. The van der Waals surface area contributed by atoms with Crippen molar-refractivity contribution in [3.63, 3.8) is 0 Å². The van der Waals surface area contributed by atoms with Gasteiger partial charge in [-0.15, -0.1) is 0 Å². The minimum atomic E-state index is -0.874. The van der Waals surface area contributed by atoms with E-state index in [9.17, 15) is 8.78 Å². The molecule has 188 valence electrons. The van der Waals surface area contributed by atoms with Crippen LogP contribution in [0, 0.1) is 17.5 Å². The van der Waals surface area contributed by atoms with Crippen LogP contribution in [-0.2, 0) is 25.7 Å². The van der Waals surface area contributed by atoms with E-state index in [0.717, 1.165) is 48.6 Å². The molecule has 0 amide bonds. The van der Waals surface area contributed by atoms with Gasteiger partial charge < -0.3 is 4.74 Å². The summed E-state index contributed by atoms with van der Waals surface area (Å²) in [5.41, 5.74) is 3.63. The second kappa shape index (κ2) is 12.6. The van der Waals surface area contributed by atoms with Crippen molar-refractivity contribution < 1.29 is 17.9 Å². The topological polar surface area (TPSA) is 9.23 Å². The maximum atomic E-state index is 15.1. The Morgan fingerprint density at radius 3 is 2.08 bits per heavy atom. The summed E-state index contributed by atoms with van der Waals surface area (Å²) in [6.07, 6.45) is 7.42. The van der Waals surface area contributed by atoms with E-state index in [1.54, 1.807) is 12.1 Å². The lowest BCUT2D eigenvalue weighted by atomic mass is 9.97. The molecule has 4 heteroatoms. The van der Waals surface area contributed by atoms with E-state index in [1.165, 1.54) is 30.9 Å². The Labute approximate surface area is 211 Å². The zero-order chi connectivity index (χ0) is 25.3. The number of benzene rings is 4. The summed E-state index contributed by atoms with van der Waals surface area (Å²) in [5.74, 6) is -1.07. The Balaban J connectivity index is 1.33. The highest BCUT2D eigenvalue weighted by Gasteiger charge is 2.10. The molecule has 0 aliphatic carbocycles. The Morgan fingerprint density at radius 2 is 1.31 bits per heavy atom. The molecule has 0 aromatic heterocycles. The lowest BCUT2D eigenvalue weighted by Gasteiger charge is -2.10. The molecule has 0 atom stereocenters. The van der Waals surface area contributed by atoms with Crippen molar-refractivity contribution in [3.8, 4) is 5.75 Å². The van der Waals surface area contributed by atoms with Gasteiger partial charge in [0.25, 0.3) is 0 Å². The molecule has 4 aromatic rings. The summed E-state index contributed by atoms with van der Waals surface area (Å²) >= 11 is 0. The van der Waals surface area contributed by atoms with Crippen LogP contribution < -0.4 is 4.74 Å². The van der Waals surface area contributed by atoms with Gasteiger partial charge in [0.2, 0.25) is 0 Å². The van der Waals surface area contributed by atoms with Gasteiger partial charge in [0.15, 0.2) is 11.6 Å². The fraction of sp³-hybridized carbons (Fsp3) is 0.312.